The fraction of sp³-hybridized carbons (Fsp3) is 0. The zero-order valence-electron chi connectivity index (χ0n) is 8.48. The van der Waals surface area contributed by atoms with Crippen molar-refractivity contribution in [1.82, 2.24) is 20.2 Å². The lowest BCUT2D eigenvalue weighted by atomic mass is 10.2. The smallest absolute Gasteiger partial charge is 0.161 e. The van der Waals surface area contributed by atoms with Crippen LogP contribution in [0, 0.1) is 5.82 Å². The Hall–Kier alpha value is -2.01. The van der Waals surface area contributed by atoms with Crippen LogP contribution >= 0.6 is 11.6 Å². The van der Waals surface area contributed by atoms with Gasteiger partial charge in [0.15, 0.2) is 11.0 Å². The van der Waals surface area contributed by atoms with Gasteiger partial charge in [-0.25, -0.2) is 14.4 Å². The highest BCUT2D eigenvalue weighted by Gasteiger charge is 2.09. The molecule has 0 saturated heterocycles. The van der Waals surface area contributed by atoms with Gasteiger partial charge in [0.25, 0.3) is 0 Å². The van der Waals surface area contributed by atoms with E-state index in [4.69, 9.17) is 11.6 Å². The third kappa shape index (κ3) is 1.74. The van der Waals surface area contributed by atoms with Crippen LogP contribution in [0.25, 0.3) is 22.4 Å². The van der Waals surface area contributed by atoms with Crippen molar-refractivity contribution >= 4 is 22.6 Å². The lowest BCUT2D eigenvalue weighted by molar-refractivity contribution is 0.628. The van der Waals surface area contributed by atoms with E-state index in [0.717, 1.165) is 0 Å². The van der Waals surface area contributed by atoms with Gasteiger partial charge < -0.3 is 0 Å². The number of halogens is 2. The van der Waals surface area contributed by atoms with Crippen LogP contribution in [-0.2, 0) is 0 Å². The highest BCUT2D eigenvalue weighted by molar-refractivity contribution is 6.33. The monoisotopic (exact) mass is 248 g/mol. The van der Waals surface area contributed by atoms with Gasteiger partial charge in [-0.15, -0.1) is 0 Å². The van der Waals surface area contributed by atoms with Crippen LogP contribution in [0.5, 0.6) is 0 Å². The van der Waals surface area contributed by atoms with Gasteiger partial charge in [-0.05, 0) is 12.1 Å². The molecule has 0 aliphatic heterocycles. The van der Waals surface area contributed by atoms with E-state index >= 15 is 0 Å². The standard InChI is InChI=1S/C11H6ClFN4/c12-10-9-8(5-14-17-9)15-11(16-10)6-2-1-3-7(13)4-6/h1-5H,(H,14,17). The Balaban J connectivity index is 2.23. The first-order valence-corrected chi connectivity index (χ1v) is 5.25. The summed E-state index contributed by atoms with van der Waals surface area (Å²) in [6.07, 6.45) is 1.62. The number of H-pyrrole nitrogens is 1. The van der Waals surface area contributed by atoms with E-state index in [-0.39, 0.29) is 11.0 Å². The molecule has 1 N–H and O–H groups in total. The summed E-state index contributed by atoms with van der Waals surface area (Å²) in [5, 5.41) is 6.82. The van der Waals surface area contributed by atoms with Gasteiger partial charge in [-0.1, -0.05) is 23.7 Å². The molecular formula is C11H6ClFN4. The minimum absolute atomic E-state index is 0.246. The average Bonchev–Trinajstić information content (AvgIpc) is 2.77. The summed E-state index contributed by atoms with van der Waals surface area (Å²) < 4.78 is 13.1. The molecule has 2 aromatic heterocycles. The third-order valence-corrected chi connectivity index (χ3v) is 2.59. The average molecular weight is 249 g/mol. The second-order valence-electron chi connectivity index (χ2n) is 3.47. The van der Waals surface area contributed by atoms with Gasteiger partial charge >= 0.3 is 0 Å². The molecule has 0 bridgehead atoms. The molecule has 6 heteroatoms. The zero-order valence-corrected chi connectivity index (χ0v) is 9.24. The fourth-order valence-corrected chi connectivity index (χ4v) is 1.78. The summed E-state index contributed by atoms with van der Waals surface area (Å²) in [5.74, 6) is 0.0397. The number of aromatic amines is 1. The molecule has 0 fully saturated rings. The number of nitrogens with zero attached hydrogens (tertiary/aromatic N) is 3. The Bertz CT molecular complexity index is 695. The van der Waals surface area contributed by atoms with Crippen molar-refractivity contribution in [3.8, 4) is 11.4 Å². The van der Waals surface area contributed by atoms with Crippen LogP contribution in [0.3, 0.4) is 0 Å². The quantitative estimate of drug-likeness (QED) is 0.674. The summed E-state index contributed by atoms with van der Waals surface area (Å²) in [6.45, 7) is 0. The van der Waals surface area contributed by atoms with Crippen LogP contribution < -0.4 is 0 Å². The minimum atomic E-state index is -0.338. The van der Waals surface area contributed by atoms with E-state index in [0.29, 0.717) is 22.4 Å². The molecule has 0 aliphatic rings. The summed E-state index contributed by atoms with van der Waals surface area (Å²) in [6, 6.07) is 6.04. The van der Waals surface area contributed by atoms with Gasteiger partial charge in [0.1, 0.15) is 16.9 Å². The number of benzene rings is 1. The molecule has 1 aromatic carbocycles. The molecule has 0 radical (unpaired) electrons. The Morgan fingerprint density at radius 2 is 2.12 bits per heavy atom. The maximum atomic E-state index is 13.1. The molecular weight excluding hydrogens is 243 g/mol. The normalized spacial score (nSPS) is 10.9. The summed E-state index contributed by atoms with van der Waals surface area (Å²) >= 11 is 5.97. The molecule has 2 heterocycles. The van der Waals surface area contributed by atoms with Crippen LogP contribution in [0.15, 0.2) is 30.5 Å². The van der Waals surface area contributed by atoms with Crippen molar-refractivity contribution in [2.24, 2.45) is 0 Å². The predicted octanol–water partition coefficient (Wildman–Crippen LogP) is 2.81. The fourth-order valence-electron chi connectivity index (χ4n) is 1.56. The largest absolute Gasteiger partial charge is 0.283 e. The topological polar surface area (TPSA) is 54.5 Å². The molecule has 0 aliphatic carbocycles. The SMILES string of the molecule is Fc1cccc(-c2nc(Cl)c3n[nH]cc3n2)c1. The van der Waals surface area contributed by atoms with Crippen molar-refractivity contribution in [3.05, 3.63) is 41.4 Å². The molecule has 0 unspecified atom stereocenters. The van der Waals surface area contributed by atoms with E-state index in [1.807, 2.05) is 0 Å². The van der Waals surface area contributed by atoms with E-state index in [9.17, 15) is 4.39 Å². The summed E-state index contributed by atoms with van der Waals surface area (Å²) in [4.78, 5) is 8.34. The maximum absolute atomic E-state index is 13.1. The molecule has 3 aromatic rings. The second-order valence-corrected chi connectivity index (χ2v) is 3.83. The number of hydrogen-bond acceptors (Lipinski definition) is 3. The Kier molecular flexibility index (Phi) is 2.26. The number of fused-ring (bicyclic) bond motifs is 1. The molecule has 0 saturated carbocycles. The molecule has 17 heavy (non-hydrogen) atoms. The van der Waals surface area contributed by atoms with Crippen LogP contribution in [0.4, 0.5) is 4.39 Å². The van der Waals surface area contributed by atoms with E-state index in [1.165, 1.54) is 12.1 Å². The highest BCUT2D eigenvalue weighted by Crippen LogP contribution is 2.23. The lowest BCUT2D eigenvalue weighted by Crippen LogP contribution is -1.91. The van der Waals surface area contributed by atoms with Crippen molar-refractivity contribution in [2.45, 2.75) is 0 Å². The zero-order chi connectivity index (χ0) is 11.8. The van der Waals surface area contributed by atoms with Gasteiger partial charge in [-0.2, -0.15) is 5.10 Å². The lowest BCUT2D eigenvalue weighted by Gasteiger charge is -2.01. The minimum Gasteiger partial charge on any atom is -0.283 e. The Labute approximate surface area is 100 Å². The van der Waals surface area contributed by atoms with Gasteiger partial charge in [-0.3, -0.25) is 5.10 Å². The van der Waals surface area contributed by atoms with Crippen LogP contribution in [-0.4, -0.2) is 20.2 Å². The van der Waals surface area contributed by atoms with Crippen LogP contribution in [0.1, 0.15) is 0 Å². The molecule has 84 valence electrons. The molecule has 3 rings (SSSR count). The van der Waals surface area contributed by atoms with Gasteiger partial charge in [0, 0.05) is 11.8 Å². The molecule has 0 spiro atoms. The van der Waals surface area contributed by atoms with E-state index in [2.05, 4.69) is 20.2 Å². The first-order valence-electron chi connectivity index (χ1n) is 4.87. The first kappa shape index (κ1) is 10.2. The number of rotatable bonds is 1. The van der Waals surface area contributed by atoms with E-state index < -0.39 is 0 Å². The predicted molar refractivity (Wildman–Crippen MR) is 62.1 cm³/mol. The first-order chi connectivity index (χ1) is 8.24. The number of nitrogens with one attached hydrogen (secondary N) is 1. The number of aromatic nitrogens is 4. The van der Waals surface area contributed by atoms with Crippen molar-refractivity contribution in [3.63, 3.8) is 0 Å². The summed E-state index contributed by atoms with van der Waals surface area (Å²) in [7, 11) is 0. The third-order valence-electron chi connectivity index (χ3n) is 2.33. The van der Waals surface area contributed by atoms with Crippen molar-refractivity contribution < 1.29 is 4.39 Å². The molecule has 0 amide bonds. The van der Waals surface area contributed by atoms with E-state index in [1.54, 1.807) is 18.3 Å². The van der Waals surface area contributed by atoms with Crippen molar-refractivity contribution in [1.29, 1.82) is 0 Å². The molecule has 4 nitrogen and oxygen atoms in total. The van der Waals surface area contributed by atoms with Gasteiger partial charge in [0.05, 0.1) is 0 Å². The molecule has 0 atom stereocenters. The van der Waals surface area contributed by atoms with Gasteiger partial charge in [0.2, 0.25) is 0 Å². The van der Waals surface area contributed by atoms with Crippen molar-refractivity contribution in [2.75, 3.05) is 0 Å². The van der Waals surface area contributed by atoms with Crippen LogP contribution in [0.2, 0.25) is 5.15 Å². The Morgan fingerprint density at radius 1 is 1.24 bits per heavy atom. The maximum Gasteiger partial charge on any atom is 0.161 e. The number of hydrogen-bond donors (Lipinski definition) is 1. The second kappa shape index (κ2) is 3.78. The summed E-state index contributed by atoms with van der Waals surface area (Å²) in [5.41, 5.74) is 1.69. The highest BCUT2D eigenvalue weighted by atomic mass is 35.5. The Morgan fingerprint density at radius 3 is 2.94 bits per heavy atom.